The lowest BCUT2D eigenvalue weighted by atomic mass is 9.76. The number of halogens is 4. The van der Waals surface area contributed by atoms with Gasteiger partial charge in [0.15, 0.2) is 0 Å². The van der Waals surface area contributed by atoms with Crippen molar-refractivity contribution in [2.45, 2.75) is 64.6 Å². The molecule has 0 bridgehead atoms. The van der Waals surface area contributed by atoms with E-state index in [0.717, 1.165) is 0 Å². The molecule has 0 spiro atoms. The van der Waals surface area contributed by atoms with Gasteiger partial charge in [0.05, 0.1) is 31.2 Å². The summed E-state index contributed by atoms with van der Waals surface area (Å²) in [5.74, 6) is -1.14. The lowest BCUT2D eigenvalue weighted by molar-refractivity contribution is -0.148. The average Bonchev–Trinajstić information content (AvgIpc) is 2.78. The van der Waals surface area contributed by atoms with E-state index in [4.69, 9.17) is 46.4 Å². The van der Waals surface area contributed by atoms with Crippen LogP contribution in [0.5, 0.6) is 0 Å². The molecule has 0 radical (unpaired) electrons. The minimum atomic E-state index is -0.559. The van der Waals surface area contributed by atoms with Gasteiger partial charge in [-0.15, -0.1) is 0 Å². The maximum absolute atomic E-state index is 13.2. The van der Waals surface area contributed by atoms with Crippen molar-refractivity contribution in [2.24, 2.45) is 0 Å². The molecule has 0 unspecified atom stereocenters. The standard InChI is InChI=1S/C19H20Cl4N2O3/c1-8(26)25-18(2,3)6-9(7-19(25,4)5)24-16(27)10-11(17(24)28)13(21)15(23)14(22)12(10)20/h9H,6-7H2,1-5H3. The molecule has 5 nitrogen and oxygen atoms in total. The molecular weight excluding hydrogens is 446 g/mol. The summed E-state index contributed by atoms with van der Waals surface area (Å²) in [5.41, 5.74) is -1.15. The second-order valence-corrected chi connectivity index (χ2v) is 10.0. The van der Waals surface area contributed by atoms with Crippen LogP contribution in [0.3, 0.4) is 0 Å². The number of rotatable bonds is 1. The largest absolute Gasteiger partial charge is 0.333 e. The van der Waals surface area contributed by atoms with Crippen LogP contribution in [-0.2, 0) is 4.79 Å². The normalized spacial score (nSPS) is 21.3. The number of likely N-dealkylation sites (tertiary alicyclic amines) is 1. The van der Waals surface area contributed by atoms with Gasteiger partial charge in [-0.2, -0.15) is 0 Å². The fourth-order valence-electron chi connectivity index (χ4n) is 4.96. The second kappa shape index (κ2) is 6.76. The van der Waals surface area contributed by atoms with Crippen LogP contribution in [0.15, 0.2) is 0 Å². The van der Waals surface area contributed by atoms with Gasteiger partial charge in [-0.1, -0.05) is 46.4 Å². The summed E-state index contributed by atoms with van der Waals surface area (Å²) in [6, 6.07) is -0.433. The number of benzene rings is 1. The van der Waals surface area contributed by atoms with Crippen LogP contribution in [-0.4, -0.2) is 44.6 Å². The number of amides is 3. The molecule has 3 amide bonds. The van der Waals surface area contributed by atoms with Gasteiger partial charge in [-0.3, -0.25) is 19.3 Å². The van der Waals surface area contributed by atoms with Crippen LogP contribution in [0.25, 0.3) is 0 Å². The summed E-state index contributed by atoms with van der Waals surface area (Å²) in [6.45, 7) is 9.22. The highest BCUT2D eigenvalue weighted by molar-refractivity contribution is 6.55. The lowest BCUT2D eigenvalue weighted by Gasteiger charge is -2.56. The Morgan fingerprint density at radius 1 is 0.821 bits per heavy atom. The van der Waals surface area contributed by atoms with Crippen LogP contribution < -0.4 is 0 Å². The van der Waals surface area contributed by atoms with Crippen LogP contribution in [0.2, 0.25) is 20.1 Å². The molecule has 1 aromatic carbocycles. The minimum absolute atomic E-state index is 0.0179. The van der Waals surface area contributed by atoms with Crippen LogP contribution in [0.4, 0.5) is 0 Å². The lowest BCUT2D eigenvalue weighted by Crippen LogP contribution is -2.66. The Balaban J connectivity index is 2.08. The smallest absolute Gasteiger partial charge is 0.263 e. The summed E-state index contributed by atoms with van der Waals surface area (Å²) >= 11 is 24.6. The Hall–Kier alpha value is -1.01. The first-order chi connectivity index (χ1) is 12.7. The van der Waals surface area contributed by atoms with Gasteiger partial charge in [-0.05, 0) is 40.5 Å². The van der Waals surface area contributed by atoms with E-state index in [1.165, 1.54) is 11.8 Å². The molecule has 0 aromatic heterocycles. The maximum Gasteiger partial charge on any atom is 0.263 e. The molecule has 3 rings (SSSR count). The minimum Gasteiger partial charge on any atom is -0.333 e. The number of imide groups is 1. The molecule has 2 aliphatic rings. The summed E-state index contributed by atoms with van der Waals surface area (Å²) in [4.78, 5) is 41.6. The van der Waals surface area contributed by atoms with Gasteiger partial charge in [0, 0.05) is 24.0 Å². The Morgan fingerprint density at radius 2 is 1.18 bits per heavy atom. The van der Waals surface area contributed by atoms with Crippen molar-refractivity contribution < 1.29 is 14.4 Å². The van der Waals surface area contributed by atoms with Crippen LogP contribution >= 0.6 is 46.4 Å². The maximum atomic E-state index is 13.2. The highest BCUT2D eigenvalue weighted by atomic mass is 35.5. The number of hydrogen-bond acceptors (Lipinski definition) is 3. The van der Waals surface area contributed by atoms with Crippen molar-refractivity contribution in [1.82, 2.24) is 9.80 Å². The Labute approximate surface area is 183 Å². The van der Waals surface area contributed by atoms with Gasteiger partial charge >= 0.3 is 0 Å². The van der Waals surface area contributed by atoms with Crippen molar-refractivity contribution >= 4 is 64.1 Å². The highest BCUT2D eigenvalue weighted by Crippen LogP contribution is 2.47. The molecule has 0 saturated carbocycles. The first kappa shape index (κ1) is 21.7. The number of carbonyl (C=O) groups excluding carboxylic acids is 3. The average molecular weight is 466 g/mol. The first-order valence-corrected chi connectivity index (χ1v) is 10.3. The predicted octanol–water partition coefficient (Wildman–Crippen LogP) is 5.46. The SMILES string of the molecule is CC(=O)N1C(C)(C)CC(N2C(=O)c3c(Cl)c(Cl)c(Cl)c(Cl)c3C2=O)CC1(C)C. The Morgan fingerprint density at radius 3 is 1.50 bits per heavy atom. The number of hydrogen-bond donors (Lipinski definition) is 0. The van der Waals surface area contributed by atoms with E-state index in [-0.39, 0.29) is 37.1 Å². The van der Waals surface area contributed by atoms with Crippen LogP contribution in [0, 0.1) is 0 Å². The van der Waals surface area contributed by atoms with E-state index in [2.05, 4.69) is 0 Å². The predicted molar refractivity (Wildman–Crippen MR) is 111 cm³/mol. The van der Waals surface area contributed by atoms with Gasteiger partial charge in [0.25, 0.3) is 11.8 Å². The number of piperidine rings is 1. The highest BCUT2D eigenvalue weighted by Gasteiger charge is 2.53. The van der Waals surface area contributed by atoms with Crippen molar-refractivity contribution in [1.29, 1.82) is 0 Å². The van der Waals surface area contributed by atoms with Gasteiger partial charge < -0.3 is 4.90 Å². The topological polar surface area (TPSA) is 57.7 Å². The van der Waals surface area contributed by atoms with E-state index in [1.807, 2.05) is 32.6 Å². The zero-order chi connectivity index (χ0) is 21.3. The zero-order valence-corrected chi connectivity index (χ0v) is 19.1. The molecule has 152 valence electrons. The Kier molecular flexibility index (Phi) is 5.24. The molecule has 1 aromatic rings. The van der Waals surface area contributed by atoms with Gasteiger partial charge in [0.2, 0.25) is 5.91 Å². The van der Waals surface area contributed by atoms with Crippen molar-refractivity contribution in [3.05, 3.63) is 31.2 Å². The number of nitrogens with zero attached hydrogens (tertiary/aromatic N) is 2. The third kappa shape index (κ3) is 3.02. The summed E-state index contributed by atoms with van der Waals surface area (Å²) in [5, 5.41) is -0.262. The molecule has 2 heterocycles. The van der Waals surface area contributed by atoms with Crippen molar-refractivity contribution in [2.75, 3.05) is 0 Å². The van der Waals surface area contributed by atoms with E-state index in [0.29, 0.717) is 12.8 Å². The third-order valence-corrected chi connectivity index (χ3v) is 7.30. The fraction of sp³-hybridized carbons (Fsp3) is 0.526. The summed E-state index contributed by atoms with van der Waals surface area (Å²) in [6.07, 6.45) is 0.858. The van der Waals surface area contributed by atoms with Crippen molar-refractivity contribution in [3.8, 4) is 0 Å². The molecule has 9 heteroatoms. The number of carbonyl (C=O) groups is 3. The van der Waals surface area contributed by atoms with E-state index >= 15 is 0 Å². The monoisotopic (exact) mass is 464 g/mol. The van der Waals surface area contributed by atoms with E-state index in [9.17, 15) is 14.4 Å². The molecular formula is C19H20Cl4N2O3. The van der Waals surface area contributed by atoms with Crippen molar-refractivity contribution in [3.63, 3.8) is 0 Å². The summed E-state index contributed by atoms with van der Waals surface area (Å²) < 4.78 is 0. The van der Waals surface area contributed by atoms with Gasteiger partial charge in [-0.25, -0.2) is 0 Å². The van der Waals surface area contributed by atoms with E-state index in [1.54, 1.807) is 0 Å². The molecule has 1 saturated heterocycles. The molecule has 0 atom stereocenters. The quantitative estimate of drug-likeness (QED) is 0.314. The van der Waals surface area contributed by atoms with E-state index < -0.39 is 28.9 Å². The second-order valence-electron chi connectivity index (χ2n) is 8.53. The Bertz CT molecular complexity index is 861. The molecule has 0 N–H and O–H groups in total. The van der Waals surface area contributed by atoms with Gasteiger partial charge in [0.1, 0.15) is 0 Å². The summed E-state index contributed by atoms with van der Waals surface area (Å²) in [7, 11) is 0. The first-order valence-electron chi connectivity index (χ1n) is 8.77. The zero-order valence-electron chi connectivity index (χ0n) is 16.1. The molecule has 2 aliphatic heterocycles. The number of fused-ring (bicyclic) bond motifs is 1. The molecule has 0 aliphatic carbocycles. The third-order valence-electron chi connectivity index (χ3n) is 5.49. The van der Waals surface area contributed by atoms with Crippen LogP contribution in [0.1, 0.15) is 68.2 Å². The molecule has 28 heavy (non-hydrogen) atoms. The fourth-order valence-corrected chi connectivity index (χ4v) is 5.97. The molecule has 1 fully saturated rings.